The van der Waals surface area contributed by atoms with Crippen LogP contribution < -0.4 is 10.1 Å². The SMILES string of the molecule is CCOc1ccc(Cl)cc1C(c1ccccc1C(F)(F)F)N1CCCNCC1. The second kappa shape index (κ2) is 9.16. The molecule has 0 radical (unpaired) electrons. The fraction of sp³-hybridized carbons (Fsp3) is 0.429. The lowest BCUT2D eigenvalue weighted by Crippen LogP contribution is -2.34. The van der Waals surface area contributed by atoms with Gasteiger partial charge in [-0.2, -0.15) is 13.2 Å². The minimum atomic E-state index is -4.44. The number of hydrogen-bond donors (Lipinski definition) is 1. The van der Waals surface area contributed by atoms with Crippen LogP contribution in [0.1, 0.15) is 36.1 Å². The molecule has 1 aliphatic heterocycles. The zero-order valence-electron chi connectivity index (χ0n) is 15.7. The smallest absolute Gasteiger partial charge is 0.416 e. The van der Waals surface area contributed by atoms with Crippen molar-refractivity contribution in [2.45, 2.75) is 25.6 Å². The molecule has 2 aromatic rings. The molecule has 152 valence electrons. The molecule has 0 bridgehead atoms. The molecule has 1 fully saturated rings. The van der Waals surface area contributed by atoms with Gasteiger partial charge in [0, 0.05) is 30.2 Å². The average molecular weight is 413 g/mol. The standard InChI is InChI=1S/C21H24ClF3N2O/c1-2-28-19-9-8-15(22)14-17(19)20(27-12-5-10-26-11-13-27)16-6-3-4-7-18(16)21(23,24)25/h3-4,6-9,14,20,26H,2,5,10-13H2,1H3. The van der Waals surface area contributed by atoms with Gasteiger partial charge in [-0.15, -0.1) is 0 Å². The van der Waals surface area contributed by atoms with Crippen LogP contribution in [0.3, 0.4) is 0 Å². The number of benzene rings is 2. The van der Waals surface area contributed by atoms with Crippen LogP contribution in [-0.2, 0) is 6.18 Å². The predicted octanol–water partition coefficient (Wildman–Crippen LogP) is 5.14. The zero-order valence-corrected chi connectivity index (χ0v) is 16.5. The van der Waals surface area contributed by atoms with Crippen LogP contribution in [0.2, 0.25) is 5.02 Å². The van der Waals surface area contributed by atoms with Crippen molar-refractivity contribution < 1.29 is 17.9 Å². The van der Waals surface area contributed by atoms with Crippen molar-refractivity contribution in [1.29, 1.82) is 0 Å². The van der Waals surface area contributed by atoms with Gasteiger partial charge in [0.2, 0.25) is 0 Å². The normalized spacial score (nSPS) is 17.2. The highest BCUT2D eigenvalue weighted by atomic mass is 35.5. The summed E-state index contributed by atoms with van der Waals surface area (Å²) in [6.07, 6.45) is -3.58. The molecule has 3 nitrogen and oxygen atoms in total. The molecule has 1 atom stereocenters. The van der Waals surface area contributed by atoms with Gasteiger partial charge >= 0.3 is 6.18 Å². The largest absolute Gasteiger partial charge is 0.494 e. The number of nitrogens with one attached hydrogen (secondary N) is 1. The van der Waals surface area contributed by atoms with Crippen LogP contribution in [0.4, 0.5) is 13.2 Å². The van der Waals surface area contributed by atoms with Crippen LogP contribution >= 0.6 is 11.6 Å². The summed E-state index contributed by atoms with van der Waals surface area (Å²) in [5.74, 6) is 0.561. The lowest BCUT2D eigenvalue weighted by molar-refractivity contribution is -0.138. The second-order valence-corrected chi connectivity index (χ2v) is 7.18. The summed E-state index contributed by atoms with van der Waals surface area (Å²) in [6.45, 7) is 5.15. The Labute approximate surface area is 168 Å². The summed E-state index contributed by atoms with van der Waals surface area (Å²) >= 11 is 6.24. The van der Waals surface area contributed by atoms with Gasteiger partial charge in [0.1, 0.15) is 5.75 Å². The average Bonchev–Trinajstić information content (AvgIpc) is 2.93. The van der Waals surface area contributed by atoms with Gasteiger partial charge in [-0.3, -0.25) is 4.90 Å². The summed E-state index contributed by atoms with van der Waals surface area (Å²) < 4.78 is 47.2. The molecule has 3 rings (SSSR count). The van der Waals surface area contributed by atoms with Crippen molar-refractivity contribution in [2.24, 2.45) is 0 Å². The number of hydrogen-bond acceptors (Lipinski definition) is 3. The van der Waals surface area contributed by atoms with Gasteiger partial charge in [-0.05, 0) is 49.7 Å². The van der Waals surface area contributed by atoms with Crippen LogP contribution in [0, 0.1) is 0 Å². The topological polar surface area (TPSA) is 24.5 Å². The molecule has 1 saturated heterocycles. The molecule has 2 aromatic carbocycles. The molecule has 1 N–H and O–H groups in total. The highest BCUT2D eigenvalue weighted by Crippen LogP contribution is 2.42. The summed E-state index contributed by atoms with van der Waals surface area (Å²) in [5, 5.41) is 3.78. The maximum Gasteiger partial charge on any atom is 0.416 e. The first kappa shape index (κ1) is 21.0. The van der Waals surface area contributed by atoms with Crippen LogP contribution in [0.15, 0.2) is 42.5 Å². The van der Waals surface area contributed by atoms with E-state index >= 15 is 0 Å². The molecule has 1 heterocycles. The molecule has 0 aliphatic carbocycles. The maximum atomic E-state index is 13.8. The van der Waals surface area contributed by atoms with E-state index in [1.165, 1.54) is 6.07 Å². The Morgan fingerprint density at radius 2 is 1.89 bits per heavy atom. The lowest BCUT2D eigenvalue weighted by atomic mass is 9.91. The Kier molecular flexibility index (Phi) is 6.86. The quantitative estimate of drug-likeness (QED) is 0.735. The van der Waals surface area contributed by atoms with Crippen LogP contribution in [-0.4, -0.2) is 37.7 Å². The first-order valence-electron chi connectivity index (χ1n) is 9.45. The molecule has 1 unspecified atom stereocenters. The highest BCUT2D eigenvalue weighted by molar-refractivity contribution is 6.30. The van der Waals surface area contributed by atoms with Crippen molar-refractivity contribution in [2.75, 3.05) is 32.8 Å². The predicted molar refractivity (Wildman–Crippen MR) is 105 cm³/mol. The molecule has 0 spiro atoms. The molecule has 0 saturated carbocycles. The van der Waals surface area contributed by atoms with Gasteiger partial charge in [0.25, 0.3) is 0 Å². The first-order valence-corrected chi connectivity index (χ1v) is 9.82. The third-order valence-corrected chi connectivity index (χ3v) is 5.10. The van der Waals surface area contributed by atoms with E-state index in [9.17, 15) is 13.2 Å². The molecule has 28 heavy (non-hydrogen) atoms. The van der Waals surface area contributed by atoms with E-state index in [4.69, 9.17) is 16.3 Å². The highest BCUT2D eigenvalue weighted by Gasteiger charge is 2.37. The fourth-order valence-corrected chi connectivity index (χ4v) is 3.88. The molecular formula is C21H24ClF3N2O. The van der Waals surface area contributed by atoms with E-state index in [-0.39, 0.29) is 5.56 Å². The van der Waals surface area contributed by atoms with Gasteiger partial charge in [-0.1, -0.05) is 29.8 Å². The van der Waals surface area contributed by atoms with Gasteiger partial charge < -0.3 is 10.1 Å². The minimum Gasteiger partial charge on any atom is -0.494 e. The van der Waals surface area contributed by atoms with Crippen molar-refractivity contribution >= 4 is 11.6 Å². The summed E-state index contributed by atoms with van der Waals surface area (Å²) in [5.41, 5.74) is 0.257. The Hall–Kier alpha value is -1.76. The number of ether oxygens (including phenoxy) is 1. The van der Waals surface area contributed by atoms with E-state index in [0.29, 0.717) is 36.0 Å². The Morgan fingerprint density at radius 3 is 2.64 bits per heavy atom. The molecule has 7 heteroatoms. The van der Waals surface area contributed by atoms with Crippen molar-refractivity contribution in [3.05, 3.63) is 64.2 Å². The lowest BCUT2D eigenvalue weighted by Gasteiger charge is -2.34. The van der Waals surface area contributed by atoms with Crippen molar-refractivity contribution in [3.8, 4) is 5.75 Å². The zero-order chi connectivity index (χ0) is 20.1. The van der Waals surface area contributed by atoms with Crippen LogP contribution in [0.25, 0.3) is 0 Å². The van der Waals surface area contributed by atoms with E-state index < -0.39 is 17.8 Å². The monoisotopic (exact) mass is 412 g/mol. The Balaban J connectivity index is 2.19. The minimum absolute atomic E-state index is 0.222. The Bertz CT molecular complexity index is 789. The van der Waals surface area contributed by atoms with Gasteiger partial charge in [-0.25, -0.2) is 0 Å². The first-order chi connectivity index (χ1) is 13.4. The third kappa shape index (κ3) is 4.80. The molecule has 1 aliphatic rings. The molecule has 0 amide bonds. The van der Waals surface area contributed by atoms with E-state index in [2.05, 4.69) is 10.2 Å². The maximum absolute atomic E-state index is 13.8. The second-order valence-electron chi connectivity index (χ2n) is 6.74. The number of halogens is 4. The summed E-state index contributed by atoms with van der Waals surface area (Å²) in [4.78, 5) is 2.08. The number of alkyl halides is 3. The van der Waals surface area contributed by atoms with Crippen molar-refractivity contribution in [3.63, 3.8) is 0 Å². The van der Waals surface area contributed by atoms with Gasteiger partial charge in [0.15, 0.2) is 0 Å². The third-order valence-electron chi connectivity index (χ3n) is 4.87. The Morgan fingerprint density at radius 1 is 1.11 bits per heavy atom. The van der Waals surface area contributed by atoms with E-state index in [1.54, 1.807) is 30.3 Å². The van der Waals surface area contributed by atoms with E-state index in [1.807, 2.05) is 6.92 Å². The summed E-state index contributed by atoms with van der Waals surface area (Å²) in [6, 6.07) is 10.3. The van der Waals surface area contributed by atoms with E-state index in [0.717, 1.165) is 25.6 Å². The fourth-order valence-electron chi connectivity index (χ4n) is 3.70. The molecular weight excluding hydrogens is 389 g/mol. The van der Waals surface area contributed by atoms with Crippen LogP contribution in [0.5, 0.6) is 5.75 Å². The summed E-state index contributed by atoms with van der Waals surface area (Å²) in [7, 11) is 0. The number of rotatable bonds is 5. The molecule has 0 aromatic heterocycles. The van der Waals surface area contributed by atoms with Crippen molar-refractivity contribution in [1.82, 2.24) is 10.2 Å². The number of nitrogens with zero attached hydrogens (tertiary/aromatic N) is 1. The van der Waals surface area contributed by atoms with Gasteiger partial charge in [0.05, 0.1) is 18.2 Å².